The highest BCUT2D eigenvalue weighted by atomic mass is 32.3. The molecule has 7 rings (SSSR count). The number of anilines is 1. The van der Waals surface area contributed by atoms with Gasteiger partial charge in [-0.3, -0.25) is 13.9 Å². The van der Waals surface area contributed by atoms with Crippen LogP contribution in [0.2, 0.25) is 0 Å². The van der Waals surface area contributed by atoms with Gasteiger partial charge in [0.25, 0.3) is 0 Å². The number of rotatable bonds is 7. The summed E-state index contributed by atoms with van der Waals surface area (Å²) < 4.78 is 33.9. The Kier molecular flexibility index (Phi) is 7.28. The Labute approximate surface area is 257 Å². The monoisotopic (exact) mass is 620 g/mol. The number of halogens is 1. The fraction of sp³-hybridized carbons (Fsp3) is 0.485. The lowest BCUT2D eigenvalue weighted by Crippen LogP contribution is -2.42. The van der Waals surface area contributed by atoms with Gasteiger partial charge in [-0.15, -0.1) is 11.3 Å². The molecule has 3 N–H and O–H groups in total. The van der Waals surface area contributed by atoms with Crippen molar-refractivity contribution in [1.82, 2.24) is 10.3 Å². The van der Waals surface area contributed by atoms with E-state index in [1.165, 1.54) is 12.1 Å². The minimum atomic E-state index is -2.46. The molecule has 1 amide bonds. The highest BCUT2D eigenvalue weighted by Crippen LogP contribution is 2.57. The Balaban J connectivity index is 1.25. The number of hydrogen-bond donors (Lipinski definition) is 3. The summed E-state index contributed by atoms with van der Waals surface area (Å²) in [6.45, 7) is 1.22. The first-order valence-corrected chi connectivity index (χ1v) is 18.0. The van der Waals surface area contributed by atoms with E-state index < -0.39 is 16.1 Å². The van der Waals surface area contributed by atoms with Crippen molar-refractivity contribution in [3.05, 3.63) is 70.6 Å². The molecule has 226 valence electrons. The van der Waals surface area contributed by atoms with E-state index in [-0.39, 0.29) is 29.0 Å². The van der Waals surface area contributed by atoms with Crippen molar-refractivity contribution >= 4 is 33.5 Å². The van der Waals surface area contributed by atoms with E-state index in [4.69, 9.17) is 4.98 Å². The highest BCUT2D eigenvalue weighted by Gasteiger charge is 2.50. The fourth-order valence-electron chi connectivity index (χ4n) is 6.81. The SMILES string of the molecule is N#CC1(NC(=O)[C@@H]2CCCC[C@H]2c2nc(C3(c4ccc(F)cc4)CC3)sc2-c2ccc(N3CCS(O)(O)CC3)cc2)CC1. The second-order valence-corrected chi connectivity index (χ2v) is 16.2. The summed E-state index contributed by atoms with van der Waals surface area (Å²) in [7, 11) is -2.46. The first-order chi connectivity index (χ1) is 20.7. The van der Waals surface area contributed by atoms with Crippen molar-refractivity contribution in [2.45, 2.75) is 68.2 Å². The highest BCUT2D eigenvalue weighted by molar-refractivity contribution is 8.24. The summed E-state index contributed by atoms with van der Waals surface area (Å²) in [5.74, 6) is 0.221. The van der Waals surface area contributed by atoms with Crippen LogP contribution in [0.25, 0.3) is 10.4 Å². The summed E-state index contributed by atoms with van der Waals surface area (Å²) in [6.07, 6.45) is 6.99. The largest absolute Gasteiger partial charge is 0.368 e. The van der Waals surface area contributed by atoms with Crippen LogP contribution in [0, 0.1) is 23.1 Å². The quantitative estimate of drug-likeness (QED) is 0.261. The molecule has 2 heterocycles. The van der Waals surface area contributed by atoms with Gasteiger partial charge >= 0.3 is 0 Å². The number of carbonyl (C=O) groups is 1. The molecule has 2 atom stereocenters. The van der Waals surface area contributed by atoms with Crippen LogP contribution in [0.1, 0.15) is 73.5 Å². The molecule has 3 aliphatic carbocycles. The minimum Gasteiger partial charge on any atom is -0.368 e. The topological polar surface area (TPSA) is 109 Å². The van der Waals surface area contributed by atoms with E-state index in [9.17, 15) is 23.6 Å². The first kappa shape index (κ1) is 28.8. The molecule has 0 spiro atoms. The smallest absolute Gasteiger partial charge is 0.225 e. The van der Waals surface area contributed by atoms with Gasteiger partial charge in [-0.25, -0.2) is 9.37 Å². The van der Waals surface area contributed by atoms with Gasteiger partial charge in [0.2, 0.25) is 5.91 Å². The molecule has 10 heteroatoms. The second kappa shape index (κ2) is 10.9. The Morgan fingerprint density at radius 1 is 1.02 bits per heavy atom. The van der Waals surface area contributed by atoms with E-state index in [0.29, 0.717) is 37.4 Å². The van der Waals surface area contributed by atoms with Gasteiger partial charge in [0.1, 0.15) is 16.4 Å². The van der Waals surface area contributed by atoms with Crippen molar-refractivity contribution in [2.75, 3.05) is 29.5 Å². The lowest BCUT2D eigenvalue weighted by atomic mass is 9.76. The van der Waals surface area contributed by atoms with Crippen LogP contribution in [-0.2, 0) is 10.2 Å². The molecule has 3 aromatic rings. The van der Waals surface area contributed by atoms with Gasteiger partial charge < -0.3 is 10.2 Å². The maximum absolute atomic E-state index is 13.8. The number of aromatic nitrogens is 1. The van der Waals surface area contributed by atoms with Crippen molar-refractivity contribution in [3.8, 4) is 16.5 Å². The van der Waals surface area contributed by atoms with Gasteiger partial charge in [-0.05, 0) is 73.9 Å². The molecule has 4 fully saturated rings. The molecule has 2 aromatic carbocycles. The zero-order valence-electron chi connectivity index (χ0n) is 24.1. The van der Waals surface area contributed by atoms with E-state index in [1.54, 1.807) is 11.3 Å². The number of amides is 1. The van der Waals surface area contributed by atoms with E-state index >= 15 is 0 Å². The maximum Gasteiger partial charge on any atom is 0.225 e. The van der Waals surface area contributed by atoms with Gasteiger partial charge in [0.05, 0.1) is 28.1 Å². The average Bonchev–Trinajstić information content (AvgIpc) is 3.95. The standard InChI is InChI=1S/C33H37FN4O3S2/c34-24-9-7-23(8-10-24)33(15-16-33)31-36-28(26-3-1-2-4-27(26)30(39)37-32(21-35)13-14-32)29(42-31)22-5-11-25(12-6-22)38-17-19-43(40,41)20-18-38/h5-12,26-27,40-41H,1-4,13-20H2,(H,37,39)/t26-,27-/m1/s1. The summed E-state index contributed by atoms with van der Waals surface area (Å²) in [5.41, 5.74) is 3.22. The normalized spacial score (nSPS) is 25.8. The predicted octanol–water partition coefficient (Wildman–Crippen LogP) is 7.05. The molecule has 3 saturated carbocycles. The van der Waals surface area contributed by atoms with Crippen LogP contribution < -0.4 is 10.2 Å². The Morgan fingerprint density at radius 3 is 2.33 bits per heavy atom. The molecule has 0 radical (unpaired) electrons. The van der Waals surface area contributed by atoms with Crippen molar-refractivity contribution < 1.29 is 18.3 Å². The summed E-state index contributed by atoms with van der Waals surface area (Å²) in [4.78, 5) is 22.2. The van der Waals surface area contributed by atoms with Crippen LogP contribution in [0.15, 0.2) is 48.5 Å². The number of nitrogens with one attached hydrogen (secondary N) is 1. The summed E-state index contributed by atoms with van der Waals surface area (Å²) in [6, 6.07) is 17.5. The molecule has 43 heavy (non-hydrogen) atoms. The molecule has 0 unspecified atom stereocenters. The van der Waals surface area contributed by atoms with Crippen LogP contribution in [-0.4, -0.2) is 50.1 Å². The van der Waals surface area contributed by atoms with Gasteiger partial charge in [0, 0.05) is 36.0 Å². The Morgan fingerprint density at radius 2 is 1.70 bits per heavy atom. The third-order valence-corrected chi connectivity index (χ3v) is 12.9. The minimum absolute atomic E-state index is 0.0321. The van der Waals surface area contributed by atoms with Crippen molar-refractivity contribution in [2.24, 2.45) is 5.92 Å². The summed E-state index contributed by atoms with van der Waals surface area (Å²) >= 11 is 1.69. The number of thiazole rings is 1. The maximum atomic E-state index is 13.8. The zero-order chi connectivity index (χ0) is 29.8. The number of hydrogen-bond acceptors (Lipinski definition) is 7. The molecule has 1 aromatic heterocycles. The zero-order valence-corrected chi connectivity index (χ0v) is 25.7. The number of nitriles is 1. The molecular formula is C33H37FN4O3S2. The Bertz CT molecular complexity index is 1550. The van der Waals surface area contributed by atoms with Crippen molar-refractivity contribution in [1.29, 1.82) is 5.26 Å². The lowest BCUT2D eigenvalue weighted by Gasteiger charge is -2.41. The predicted molar refractivity (Wildman–Crippen MR) is 169 cm³/mol. The van der Waals surface area contributed by atoms with E-state index in [0.717, 1.165) is 70.9 Å². The van der Waals surface area contributed by atoms with E-state index in [2.05, 4.69) is 40.6 Å². The molecule has 4 aliphatic rings. The molecular weight excluding hydrogens is 584 g/mol. The molecule has 1 saturated heterocycles. The Hall–Kier alpha value is -2.97. The van der Waals surface area contributed by atoms with Gasteiger partial charge in [-0.1, -0.05) is 37.1 Å². The molecule has 0 bridgehead atoms. The number of nitrogens with zero attached hydrogens (tertiary/aromatic N) is 3. The lowest BCUT2D eigenvalue weighted by molar-refractivity contribution is -0.127. The summed E-state index contributed by atoms with van der Waals surface area (Å²) in [5, 5.41) is 13.7. The third kappa shape index (κ3) is 5.57. The van der Waals surface area contributed by atoms with Crippen LogP contribution in [0.3, 0.4) is 0 Å². The second-order valence-electron chi connectivity index (χ2n) is 12.7. The fourth-order valence-corrected chi connectivity index (χ4v) is 9.45. The van der Waals surface area contributed by atoms with Crippen LogP contribution in [0.5, 0.6) is 0 Å². The van der Waals surface area contributed by atoms with Crippen LogP contribution in [0.4, 0.5) is 10.1 Å². The third-order valence-electron chi connectivity index (χ3n) is 9.86. The molecule has 7 nitrogen and oxygen atoms in total. The molecule has 1 aliphatic heterocycles. The van der Waals surface area contributed by atoms with Gasteiger partial charge in [-0.2, -0.15) is 15.9 Å². The first-order valence-electron chi connectivity index (χ1n) is 15.3. The average molecular weight is 621 g/mol. The number of benzene rings is 2. The van der Waals surface area contributed by atoms with Crippen molar-refractivity contribution in [3.63, 3.8) is 0 Å². The van der Waals surface area contributed by atoms with Crippen LogP contribution >= 0.6 is 21.9 Å². The van der Waals surface area contributed by atoms with E-state index in [1.807, 2.05) is 12.1 Å². The van der Waals surface area contributed by atoms with Gasteiger partial charge in [0.15, 0.2) is 0 Å². The number of carbonyl (C=O) groups excluding carboxylic acids is 1.